The Labute approximate surface area is 186 Å². The molecule has 10 heteroatoms. The van der Waals surface area contributed by atoms with Crippen LogP contribution in [0.5, 0.6) is 0 Å². The normalized spacial score (nSPS) is 13.0. The number of aromatic nitrogens is 4. The summed E-state index contributed by atoms with van der Waals surface area (Å²) in [5.41, 5.74) is 4.15. The summed E-state index contributed by atoms with van der Waals surface area (Å²) in [5, 5.41) is 11.4. The summed E-state index contributed by atoms with van der Waals surface area (Å²) in [5.74, 6) is -1.10. The van der Waals surface area contributed by atoms with Crippen molar-refractivity contribution in [3.8, 4) is 0 Å². The van der Waals surface area contributed by atoms with Crippen LogP contribution in [-0.2, 0) is 6.54 Å². The number of hydrogen-bond acceptors (Lipinski definition) is 8. The molecule has 5 rings (SSSR count). The Morgan fingerprint density at radius 1 is 0.938 bits per heavy atom. The van der Waals surface area contributed by atoms with E-state index in [2.05, 4.69) is 25.5 Å². The molecule has 4 aromatic rings. The lowest BCUT2D eigenvalue weighted by Crippen LogP contribution is -2.29. The molecule has 0 saturated heterocycles. The summed E-state index contributed by atoms with van der Waals surface area (Å²) in [6.07, 6.45) is 0. The van der Waals surface area contributed by atoms with Crippen molar-refractivity contribution < 1.29 is 14.4 Å². The quantitative estimate of drug-likeness (QED) is 0.480. The third-order valence-corrected chi connectivity index (χ3v) is 6.02. The van der Waals surface area contributed by atoms with E-state index in [0.29, 0.717) is 32.7 Å². The zero-order valence-electron chi connectivity index (χ0n) is 17.1. The van der Waals surface area contributed by atoms with E-state index < -0.39 is 0 Å². The molecular weight excluding hydrogens is 428 g/mol. The molecule has 0 radical (unpaired) electrons. The van der Waals surface area contributed by atoms with Gasteiger partial charge in [0.15, 0.2) is 0 Å². The molecule has 0 saturated carbocycles. The standard InChI is InChI=1S/C22H16N6O3S/c1-11-12(2)24-17-9-13(7-8-16(17)23-11)19(29)25-22-27-26-18(32-22)10-28-20(30)14-5-3-4-6-15(14)21(28)31/h3-9H,10H2,1-2H3,(H,25,27,29). The van der Waals surface area contributed by atoms with Crippen LogP contribution in [0.1, 0.15) is 47.5 Å². The molecule has 2 aromatic heterocycles. The Kier molecular flexibility index (Phi) is 4.71. The van der Waals surface area contributed by atoms with Gasteiger partial charge >= 0.3 is 0 Å². The lowest BCUT2D eigenvalue weighted by molar-refractivity contribution is 0.0641. The summed E-state index contributed by atoms with van der Waals surface area (Å²) in [6.45, 7) is 3.74. The number of rotatable bonds is 4. The molecule has 3 amide bonds. The van der Waals surface area contributed by atoms with E-state index >= 15 is 0 Å². The van der Waals surface area contributed by atoms with Gasteiger partial charge in [-0.2, -0.15) is 0 Å². The zero-order valence-corrected chi connectivity index (χ0v) is 17.9. The van der Waals surface area contributed by atoms with Crippen LogP contribution in [0.25, 0.3) is 11.0 Å². The Morgan fingerprint density at radius 3 is 2.28 bits per heavy atom. The fourth-order valence-corrected chi connectivity index (χ4v) is 4.15. The van der Waals surface area contributed by atoms with Crippen LogP contribution in [0.3, 0.4) is 0 Å². The molecule has 158 valence electrons. The highest BCUT2D eigenvalue weighted by Gasteiger charge is 2.35. The maximum Gasteiger partial charge on any atom is 0.261 e. The first kappa shape index (κ1) is 19.9. The minimum absolute atomic E-state index is 0.00985. The minimum atomic E-state index is -0.366. The molecule has 0 unspecified atom stereocenters. The highest BCUT2D eigenvalue weighted by Crippen LogP contribution is 2.26. The maximum atomic E-state index is 12.7. The predicted octanol–water partition coefficient (Wildman–Crippen LogP) is 3.15. The van der Waals surface area contributed by atoms with Gasteiger partial charge in [0.2, 0.25) is 5.13 Å². The number of nitrogens with one attached hydrogen (secondary N) is 1. The number of anilines is 1. The zero-order chi connectivity index (χ0) is 22.4. The molecule has 0 atom stereocenters. The number of carbonyl (C=O) groups is 3. The monoisotopic (exact) mass is 444 g/mol. The molecule has 32 heavy (non-hydrogen) atoms. The van der Waals surface area contributed by atoms with Gasteiger partial charge in [-0.15, -0.1) is 10.2 Å². The highest BCUT2D eigenvalue weighted by molar-refractivity contribution is 7.15. The number of hydrogen-bond donors (Lipinski definition) is 1. The summed E-state index contributed by atoms with van der Waals surface area (Å²) in [6, 6.07) is 11.8. The largest absolute Gasteiger partial charge is 0.296 e. The van der Waals surface area contributed by atoms with Gasteiger partial charge in [-0.3, -0.25) is 24.6 Å². The average molecular weight is 444 g/mol. The molecule has 3 heterocycles. The summed E-state index contributed by atoms with van der Waals surface area (Å²) < 4.78 is 0. The molecule has 0 fully saturated rings. The van der Waals surface area contributed by atoms with E-state index in [1.807, 2.05) is 13.8 Å². The van der Waals surface area contributed by atoms with Crippen molar-refractivity contribution in [2.24, 2.45) is 0 Å². The average Bonchev–Trinajstić information content (AvgIpc) is 3.32. The van der Waals surface area contributed by atoms with Gasteiger partial charge in [0.05, 0.1) is 40.1 Å². The predicted molar refractivity (Wildman–Crippen MR) is 118 cm³/mol. The van der Waals surface area contributed by atoms with Crippen molar-refractivity contribution >= 4 is 45.2 Å². The molecule has 1 N–H and O–H groups in total. The van der Waals surface area contributed by atoms with Crippen molar-refractivity contribution in [2.75, 3.05) is 5.32 Å². The second-order valence-corrected chi connectivity index (χ2v) is 8.36. The number of imide groups is 1. The number of benzene rings is 2. The van der Waals surface area contributed by atoms with Crippen LogP contribution in [0, 0.1) is 13.8 Å². The van der Waals surface area contributed by atoms with Gasteiger partial charge in [-0.05, 0) is 44.2 Å². The first-order chi connectivity index (χ1) is 15.4. The fourth-order valence-electron chi connectivity index (χ4n) is 3.43. The molecule has 1 aliphatic heterocycles. The second kappa shape index (κ2) is 7.57. The van der Waals surface area contributed by atoms with E-state index in [0.717, 1.165) is 27.6 Å². The van der Waals surface area contributed by atoms with Crippen LogP contribution in [0.2, 0.25) is 0 Å². The van der Waals surface area contributed by atoms with Crippen LogP contribution >= 0.6 is 11.3 Å². The van der Waals surface area contributed by atoms with Gasteiger partial charge in [0, 0.05) is 5.56 Å². The number of carbonyl (C=O) groups excluding carboxylic acids is 3. The van der Waals surface area contributed by atoms with Crippen LogP contribution in [-0.4, -0.2) is 42.8 Å². The molecule has 0 spiro atoms. The SMILES string of the molecule is Cc1nc2ccc(C(=O)Nc3nnc(CN4C(=O)c5ccccc5C4=O)s3)cc2nc1C. The molecule has 2 aromatic carbocycles. The van der Waals surface area contributed by atoms with Gasteiger partial charge in [-0.25, -0.2) is 9.97 Å². The Hall–Kier alpha value is -4.05. The maximum absolute atomic E-state index is 12.7. The number of nitrogens with zero attached hydrogens (tertiary/aromatic N) is 5. The Bertz CT molecular complexity index is 1400. The van der Waals surface area contributed by atoms with Crippen molar-refractivity contribution in [2.45, 2.75) is 20.4 Å². The molecule has 1 aliphatic rings. The lowest BCUT2D eigenvalue weighted by atomic mass is 10.1. The highest BCUT2D eigenvalue weighted by atomic mass is 32.1. The van der Waals surface area contributed by atoms with Crippen molar-refractivity contribution in [3.63, 3.8) is 0 Å². The van der Waals surface area contributed by atoms with Crippen LogP contribution < -0.4 is 5.32 Å². The smallest absolute Gasteiger partial charge is 0.261 e. The van der Waals surface area contributed by atoms with E-state index in [-0.39, 0.29) is 29.4 Å². The Balaban J connectivity index is 1.31. The third-order valence-electron chi connectivity index (χ3n) is 5.20. The third kappa shape index (κ3) is 3.40. The molecular formula is C22H16N6O3S. The minimum Gasteiger partial charge on any atom is -0.296 e. The van der Waals surface area contributed by atoms with E-state index in [9.17, 15) is 14.4 Å². The van der Waals surface area contributed by atoms with E-state index in [1.54, 1.807) is 42.5 Å². The number of amides is 3. The van der Waals surface area contributed by atoms with E-state index in [1.165, 1.54) is 0 Å². The van der Waals surface area contributed by atoms with Gasteiger partial charge in [-0.1, -0.05) is 23.5 Å². The van der Waals surface area contributed by atoms with Gasteiger partial charge < -0.3 is 0 Å². The summed E-state index contributed by atoms with van der Waals surface area (Å²) in [7, 11) is 0. The van der Waals surface area contributed by atoms with Crippen molar-refractivity contribution in [1.82, 2.24) is 25.1 Å². The lowest BCUT2D eigenvalue weighted by Gasteiger charge is -2.10. The summed E-state index contributed by atoms with van der Waals surface area (Å²) in [4.78, 5) is 47.8. The van der Waals surface area contributed by atoms with E-state index in [4.69, 9.17) is 0 Å². The molecule has 0 bridgehead atoms. The number of fused-ring (bicyclic) bond motifs is 2. The summed E-state index contributed by atoms with van der Waals surface area (Å²) >= 11 is 1.11. The first-order valence-electron chi connectivity index (χ1n) is 9.74. The van der Waals surface area contributed by atoms with Crippen molar-refractivity contribution in [1.29, 1.82) is 0 Å². The Morgan fingerprint density at radius 2 is 1.59 bits per heavy atom. The van der Waals surface area contributed by atoms with Crippen LogP contribution in [0.4, 0.5) is 5.13 Å². The van der Waals surface area contributed by atoms with Gasteiger partial charge in [0.1, 0.15) is 5.01 Å². The topological polar surface area (TPSA) is 118 Å². The van der Waals surface area contributed by atoms with Crippen LogP contribution in [0.15, 0.2) is 42.5 Å². The van der Waals surface area contributed by atoms with Gasteiger partial charge in [0.25, 0.3) is 17.7 Å². The molecule has 9 nitrogen and oxygen atoms in total. The first-order valence-corrected chi connectivity index (χ1v) is 10.6. The van der Waals surface area contributed by atoms with Crippen molar-refractivity contribution in [3.05, 3.63) is 75.6 Å². The second-order valence-electron chi connectivity index (χ2n) is 7.30. The fraction of sp³-hybridized carbons (Fsp3) is 0.136. The molecule has 0 aliphatic carbocycles. The number of aryl methyl sites for hydroxylation is 2.